The highest BCUT2D eigenvalue weighted by Gasteiger charge is 2.43. The van der Waals surface area contributed by atoms with E-state index in [4.69, 9.17) is 4.99 Å². The van der Waals surface area contributed by atoms with Gasteiger partial charge in [-0.2, -0.15) is 0 Å². The fourth-order valence-electron chi connectivity index (χ4n) is 7.05. The van der Waals surface area contributed by atoms with Gasteiger partial charge in [-0.1, -0.05) is 96.6 Å². The number of aliphatic imine (C=N–C) groups is 1. The number of rotatable bonds is 13. The van der Waals surface area contributed by atoms with Gasteiger partial charge in [0.1, 0.15) is 0 Å². The Hall–Kier alpha value is -2.49. The minimum Gasteiger partial charge on any atom is -0.292 e. The highest BCUT2D eigenvalue weighted by molar-refractivity contribution is 6.03. The lowest BCUT2D eigenvalue weighted by Crippen LogP contribution is -2.26. The molecule has 0 amide bonds. The largest absolute Gasteiger partial charge is 0.292 e. The molecule has 37 heavy (non-hydrogen) atoms. The Morgan fingerprint density at radius 3 is 2.03 bits per heavy atom. The molecule has 1 fully saturated rings. The van der Waals surface area contributed by atoms with Crippen LogP contribution < -0.4 is 0 Å². The second-order valence-electron chi connectivity index (χ2n) is 11.4. The maximum atomic E-state index is 11.8. The summed E-state index contributed by atoms with van der Waals surface area (Å²) in [5.74, 6) is 0.546. The molecular formula is C33H46N2O2. The Morgan fingerprint density at radius 2 is 1.46 bits per heavy atom. The van der Waals surface area contributed by atoms with Crippen LogP contribution in [0.15, 0.2) is 41.4 Å². The molecule has 200 valence electrons. The third-order valence-electron chi connectivity index (χ3n) is 9.00. The Balaban J connectivity index is 1.82. The zero-order valence-electron chi connectivity index (χ0n) is 23.4. The Bertz CT molecular complexity index is 1090. The molecule has 0 heterocycles. The number of benzene rings is 2. The average Bonchev–Trinajstić information content (AvgIpc) is 3.19. The lowest BCUT2D eigenvalue weighted by molar-refractivity contribution is -0.384. The summed E-state index contributed by atoms with van der Waals surface area (Å²) < 4.78 is 0. The predicted molar refractivity (Wildman–Crippen MR) is 156 cm³/mol. The first-order chi connectivity index (χ1) is 18.1. The maximum Gasteiger partial charge on any atom is 0.269 e. The van der Waals surface area contributed by atoms with Crippen LogP contribution in [0.3, 0.4) is 0 Å². The van der Waals surface area contributed by atoms with Crippen LogP contribution in [0, 0.1) is 16.0 Å². The topological polar surface area (TPSA) is 55.5 Å². The van der Waals surface area contributed by atoms with Crippen molar-refractivity contribution in [1.82, 2.24) is 0 Å². The lowest BCUT2D eigenvalue weighted by atomic mass is 9.70. The number of unbranched alkanes of at least 4 members (excludes halogenated alkanes) is 6. The zero-order chi connectivity index (χ0) is 26.3. The van der Waals surface area contributed by atoms with Gasteiger partial charge in [-0.15, -0.1) is 0 Å². The summed E-state index contributed by atoms with van der Waals surface area (Å²) in [6, 6.07) is 12.6. The maximum absolute atomic E-state index is 11.8. The lowest BCUT2D eigenvalue weighted by Gasteiger charge is -2.33. The van der Waals surface area contributed by atoms with Crippen LogP contribution in [-0.2, 0) is 5.41 Å². The van der Waals surface area contributed by atoms with E-state index in [9.17, 15) is 10.1 Å². The molecule has 4 nitrogen and oxygen atoms in total. The van der Waals surface area contributed by atoms with Crippen molar-refractivity contribution in [3.05, 3.63) is 63.2 Å². The molecule has 0 spiro atoms. The fraction of sp³-hybridized carbons (Fsp3) is 0.606. The van der Waals surface area contributed by atoms with Gasteiger partial charge >= 0.3 is 0 Å². The van der Waals surface area contributed by atoms with Crippen LogP contribution in [0.25, 0.3) is 11.1 Å². The summed E-state index contributed by atoms with van der Waals surface area (Å²) in [6.45, 7) is 4.51. The molecule has 4 rings (SSSR count). The molecule has 1 saturated carbocycles. The van der Waals surface area contributed by atoms with E-state index < -0.39 is 0 Å². The van der Waals surface area contributed by atoms with Crippen LogP contribution in [0.4, 0.5) is 5.69 Å². The minimum absolute atomic E-state index is 0.153. The molecule has 2 aliphatic carbocycles. The number of nitrogens with zero attached hydrogens (tertiary/aromatic N) is 2. The van der Waals surface area contributed by atoms with Gasteiger partial charge in [-0.25, -0.2) is 0 Å². The molecule has 2 aromatic rings. The summed E-state index contributed by atoms with van der Waals surface area (Å²) in [6.07, 6.45) is 18.2. The Morgan fingerprint density at radius 1 is 0.865 bits per heavy atom. The van der Waals surface area contributed by atoms with Gasteiger partial charge < -0.3 is 0 Å². The summed E-state index contributed by atoms with van der Waals surface area (Å²) in [4.78, 5) is 16.4. The Labute approximate surface area is 224 Å². The van der Waals surface area contributed by atoms with Crippen molar-refractivity contribution >= 4 is 11.4 Å². The van der Waals surface area contributed by atoms with Gasteiger partial charge in [0.15, 0.2) is 0 Å². The van der Waals surface area contributed by atoms with E-state index in [0.717, 1.165) is 25.7 Å². The van der Waals surface area contributed by atoms with E-state index in [1.54, 1.807) is 6.07 Å². The third kappa shape index (κ3) is 5.84. The quantitative estimate of drug-likeness (QED) is 0.118. The summed E-state index contributed by atoms with van der Waals surface area (Å²) in [5, 5.41) is 11.8. The number of fused-ring (bicyclic) bond motifs is 3. The minimum atomic E-state index is -0.224. The van der Waals surface area contributed by atoms with Crippen molar-refractivity contribution in [2.24, 2.45) is 10.9 Å². The van der Waals surface area contributed by atoms with Crippen LogP contribution in [0.5, 0.6) is 0 Å². The smallest absolute Gasteiger partial charge is 0.269 e. The first-order valence-electron chi connectivity index (χ1n) is 15.0. The van der Waals surface area contributed by atoms with Crippen molar-refractivity contribution < 1.29 is 4.92 Å². The zero-order valence-corrected chi connectivity index (χ0v) is 23.4. The average molecular weight is 503 g/mol. The van der Waals surface area contributed by atoms with Crippen molar-refractivity contribution in [2.45, 2.75) is 116 Å². The van der Waals surface area contributed by atoms with Crippen molar-refractivity contribution in [3.8, 4) is 11.1 Å². The SMILES string of the molecule is CCCCCCC1(CCCCCC)c2cc(C(=NC)C3CCCCC3)ccc2-c2ccc([N+](=O)[O-])cc21. The molecule has 0 atom stereocenters. The normalized spacial score (nSPS) is 17.0. The fourth-order valence-corrected chi connectivity index (χ4v) is 7.05. The molecule has 0 radical (unpaired) electrons. The monoisotopic (exact) mass is 502 g/mol. The highest BCUT2D eigenvalue weighted by atomic mass is 16.6. The first kappa shape index (κ1) is 27.5. The van der Waals surface area contributed by atoms with Crippen molar-refractivity contribution in [2.75, 3.05) is 7.05 Å². The molecule has 2 aromatic carbocycles. The molecule has 0 bridgehead atoms. The van der Waals surface area contributed by atoms with Crippen molar-refractivity contribution in [3.63, 3.8) is 0 Å². The molecule has 0 saturated heterocycles. The van der Waals surface area contributed by atoms with Gasteiger partial charge in [0, 0.05) is 36.2 Å². The van der Waals surface area contributed by atoms with E-state index in [-0.39, 0.29) is 16.0 Å². The van der Waals surface area contributed by atoms with Gasteiger partial charge in [0.2, 0.25) is 0 Å². The number of hydrogen-bond acceptors (Lipinski definition) is 3. The first-order valence-corrected chi connectivity index (χ1v) is 15.0. The van der Waals surface area contributed by atoms with Crippen LogP contribution >= 0.6 is 0 Å². The molecule has 2 aliphatic rings. The molecule has 0 N–H and O–H groups in total. The van der Waals surface area contributed by atoms with E-state index in [1.165, 1.54) is 104 Å². The number of nitro groups is 1. The number of non-ortho nitro benzene ring substituents is 1. The molecule has 0 aromatic heterocycles. The number of nitro benzene ring substituents is 1. The summed E-state index contributed by atoms with van der Waals surface area (Å²) in [7, 11) is 1.96. The van der Waals surface area contributed by atoms with E-state index in [1.807, 2.05) is 19.2 Å². The van der Waals surface area contributed by atoms with E-state index in [0.29, 0.717) is 5.92 Å². The van der Waals surface area contributed by atoms with Crippen LogP contribution in [0.1, 0.15) is 127 Å². The van der Waals surface area contributed by atoms with Gasteiger partial charge in [0.05, 0.1) is 4.92 Å². The van der Waals surface area contributed by atoms with Gasteiger partial charge in [-0.05, 0) is 65.6 Å². The summed E-state index contributed by atoms with van der Waals surface area (Å²) in [5.41, 5.74) is 7.65. The summed E-state index contributed by atoms with van der Waals surface area (Å²) >= 11 is 0. The molecule has 0 unspecified atom stereocenters. The highest BCUT2D eigenvalue weighted by Crippen LogP contribution is 2.55. The van der Waals surface area contributed by atoms with Crippen molar-refractivity contribution in [1.29, 1.82) is 0 Å². The standard InChI is InChI=1S/C33H46N2O2/c1-4-6-8-13-21-33(22-14-9-7-5-2)30-23-26(32(34-3)25-15-11-10-12-16-25)17-19-28(30)29-20-18-27(35(36)37)24-31(29)33/h17-20,23-25H,4-16,21-22H2,1-3H3. The Kier molecular flexibility index (Phi) is 9.56. The second-order valence-corrected chi connectivity index (χ2v) is 11.4. The third-order valence-corrected chi connectivity index (χ3v) is 9.00. The van der Waals surface area contributed by atoms with Crippen LogP contribution in [0.2, 0.25) is 0 Å². The van der Waals surface area contributed by atoms with E-state index in [2.05, 4.69) is 32.0 Å². The molecular weight excluding hydrogens is 456 g/mol. The van der Waals surface area contributed by atoms with E-state index >= 15 is 0 Å². The molecule has 4 heteroatoms. The molecule has 0 aliphatic heterocycles. The van der Waals surface area contributed by atoms with Gasteiger partial charge in [0.25, 0.3) is 5.69 Å². The van der Waals surface area contributed by atoms with Gasteiger partial charge in [-0.3, -0.25) is 15.1 Å². The number of hydrogen-bond donors (Lipinski definition) is 0. The second kappa shape index (κ2) is 12.8. The van der Waals surface area contributed by atoms with Crippen LogP contribution in [-0.4, -0.2) is 17.7 Å². The predicted octanol–water partition coefficient (Wildman–Crippen LogP) is 9.80.